The fourth-order valence-corrected chi connectivity index (χ4v) is 2.17. The second-order valence-electron chi connectivity index (χ2n) is 3.50. The van der Waals surface area contributed by atoms with Crippen molar-refractivity contribution in [1.29, 1.82) is 0 Å². The van der Waals surface area contributed by atoms with Gasteiger partial charge in [-0.1, -0.05) is 0 Å². The van der Waals surface area contributed by atoms with Crippen molar-refractivity contribution in [3.05, 3.63) is 39.5 Å². The molecule has 5 nitrogen and oxygen atoms in total. The quantitative estimate of drug-likeness (QED) is 0.869. The highest BCUT2D eigenvalue weighted by Crippen LogP contribution is 2.13. The zero-order valence-electron chi connectivity index (χ0n) is 8.59. The van der Waals surface area contributed by atoms with E-state index in [0.29, 0.717) is 12.2 Å². The molecule has 0 amide bonds. The molecule has 2 rings (SSSR count). The maximum Gasteiger partial charge on any atom is 0.352 e. The van der Waals surface area contributed by atoms with Gasteiger partial charge in [0.2, 0.25) is 0 Å². The molecule has 2 aromatic rings. The number of carbonyl (C=O) groups is 1. The minimum absolute atomic E-state index is 0.299. The number of aromatic carboxylic acids is 1. The van der Waals surface area contributed by atoms with Gasteiger partial charge in [-0.25, -0.2) is 4.79 Å². The highest BCUT2D eigenvalue weighted by atomic mass is 127. The molecule has 0 aliphatic heterocycles. The molecule has 0 saturated carbocycles. The number of hydrogen-bond donors (Lipinski definition) is 1. The Bertz CT molecular complexity index is 530. The molecule has 0 spiro atoms. The van der Waals surface area contributed by atoms with Crippen LogP contribution in [0.2, 0.25) is 0 Å². The number of halogens is 1. The van der Waals surface area contributed by atoms with E-state index in [2.05, 4.69) is 27.7 Å². The van der Waals surface area contributed by atoms with Crippen molar-refractivity contribution < 1.29 is 9.90 Å². The number of aryl methyl sites for hydroxylation is 1. The molecule has 0 atom stereocenters. The molecular weight excluding hydrogens is 321 g/mol. The van der Waals surface area contributed by atoms with Crippen molar-refractivity contribution in [3.8, 4) is 0 Å². The molecule has 0 unspecified atom stereocenters. The standard InChI is InChI=1S/C10H10IN3O2/c1-13-4-7(3-12-13)5-14-6-8(11)2-9(14)10(15)16/h2-4,6H,5H2,1H3,(H,15,16). The summed E-state index contributed by atoms with van der Waals surface area (Å²) >= 11 is 2.10. The summed E-state index contributed by atoms with van der Waals surface area (Å²) in [5.41, 5.74) is 1.28. The molecular formula is C10H10IN3O2. The summed E-state index contributed by atoms with van der Waals surface area (Å²) in [7, 11) is 1.83. The molecule has 0 bridgehead atoms. The number of aromatic nitrogens is 3. The molecule has 0 aliphatic rings. The van der Waals surface area contributed by atoms with Gasteiger partial charge in [0.15, 0.2) is 0 Å². The topological polar surface area (TPSA) is 60.0 Å². The van der Waals surface area contributed by atoms with E-state index in [-0.39, 0.29) is 0 Å². The van der Waals surface area contributed by atoms with E-state index in [0.717, 1.165) is 9.13 Å². The number of carboxylic acid groups (broad SMARTS) is 1. The van der Waals surface area contributed by atoms with Crippen LogP contribution in [0, 0.1) is 3.57 Å². The molecule has 0 aliphatic carbocycles. The number of rotatable bonds is 3. The summed E-state index contributed by atoms with van der Waals surface area (Å²) in [6, 6.07) is 1.65. The molecule has 2 heterocycles. The van der Waals surface area contributed by atoms with Crippen LogP contribution in [-0.4, -0.2) is 25.4 Å². The van der Waals surface area contributed by atoms with Crippen molar-refractivity contribution in [3.63, 3.8) is 0 Å². The van der Waals surface area contributed by atoms with Crippen LogP contribution >= 0.6 is 22.6 Å². The van der Waals surface area contributed by atoms with Crippen molar-refractivity contribution in [2.75, 3.05) is 0 Å². The Balaban J connectivity index is 2.30. The van der Waals surface area contributed by atoms with Crippen molar-refractivity contribution >= 4 is 28.6 Å². The third kappa shape index (κ3) is 2.26. The highest BCUT2D eigenvalue weighted by molar-refractivity contribution is 14.1. The van der Waals surface area contributed by atoms with Gasteiger partial charge in [0.25, 0.3) is 0 Å². The fourth-order valence-electron chi connectivity index (χ4n) is 1.53. The predicted octanol–water partition coefficient (Wildman–Crippen LogP) is 1.57. The number of carboxylic acids is 1. The van der Waals surface area contributed by atoms with E-state index < -0.39 is 5.97 Å². The van der Waals surface area contributed by atoms with Crippen molar-refractivity contribution in [1.82, 2.24) is 14.3 Å². The summed E-state index contributed by atoms with van der Waals surface area (Å²) in [4.78, 5) is 11.0. The lowest BCUT2D eigenvalue weighted by Gasteiger charge is -2.03. The third-order valence-electron chi connectivity index (χ3n) is 2.19. The van der Waals surface area contributed by atoms with Gasteiger partial charge in [-0.15, -0.1) is 0 Å². The maximum absolute atomic E-state index is 11.0. The average Bonchev–Trinajstić information content (AvgIpc) is 2.74. The van der Waals surface area contributed by atoms with Crippen molar-refractivity contribution in [2.24, 2.45) is 7.05 Å². The number of hydrogen-bond acceptors (Lipinski definition) is 2. The largest absolute Gasteiger partial charge is 0.477 e. The van der Waals surface area contributed by atoms with Gasteiger partial charge in [-0.05, 0) is 28.7 Å². The Kier molecular flexibility index (Phi) is 2.99. The van der Waals surface area contributed by atoms with Gasteiger partial charge in [0.05, 0.1) is 12.7 Å². The lowest BCUT2D eigenvalue weighted by atomic mass is 10.3. The van der Waals surface area contributed by atoms with Crippen molar-refractivity contribution in [2.45, 2.75) is 6.54 Å². The zero-order valence-corrected chi connectivity index (χ0v) is 10.7. The molecule has 0 fully saturated rings. The Morgan fingerprint density at radius 2 is 2.31 bits per heavy atom. The molecule has 16 heavy (non-hydrogen) atoms. The SMILES string of the molecule is Cn1cc(Cn2cc(I)cc2C(=O)O)cn1. The molecule has 6 heteroatoms. The van der Waals surface area contributed by atoms with Crippen LogP contribution in [-0.2, 0) is 13.6 Å². The van der Waals surface area contributed by atoms with Crippen LogP contribution in [0.4, 0.5) is 0 Å². The van der Waals surface area contributed by atoms with Gasteiger partial charge in [0, 0.05) is 28.6 Å². The van der Waals surface area contributed by atoms with Crippen LogP contribution in [0.3, 0.4) is 0 Å². The lowest BCUT2D eigenvalue weighted by Crippen LogP contribution is -2.08. The van der Waals surface area contributed by atoms with Gasteiger partial charge in [-0.2, -0.15) is 5.10 Å². The molecule has 0 saturated heterocycles. The monoisotopic (exact) mass is 331 g/mol. The predicted molar refractivity (Wildman–Crippen MR) is 66.4 cm³/mol. The molecule has 0 aromatic carbocycles. The minimum Gasteiger partial charge on any atom is -0.477 e. The summed E-state index contributed by atoms with van der Waals surface area (Å²) in [6.45, 7) is 0.526. The normalized spacial score (nSPS) is 10.6. The van der Waals surface area contributed by atoms with Gasteiger partial charge in [-0.3, -0.25) is 4.68 Å². The summed E-state index contributed by atoms with van der Waals surface area (Å²) in [5.74, 6) is -0.910. The fraction of sp³-hybridized carbons (Fsp3) is 0.200. The van der Waals surface area contributed by atoms with Gasteiger partial charge >= 0.3 is 5.97 Å². The van der Waals surface area contributed by atoms with E-state index in [4.69, 9.17) is 5.11 Å². The zero-order chi connectivity index (χ0) is 11.7. The minimum atomic E-state index is -0.910. The van der Waals surface area contributed by atoms with E-state index >= 15 is 0 Å². The van der Waals surface area contributed by atoms with E-state index in [1.807, 2.05) is 19.4 Å². The van der Waals surface area contributed by atoms with Crippen LogP contribution in [0.1, 0.15) is 16.1 Å². The molecule has 0 radical (unpaired) electrons. The molecule has 1 N–H and O–H groups in total. The molecule has 2 aromatic heterocycles. The first-order valence-electron chi connectivity index (χ1n) is 4.63. The van der Waals surface area contributed by atoms with Crippen LogP contribution < -0.4 is 0 Å². The number of nitrogens with zero attached hydrogens (tertiary/aromatic N) is 3. The summed E-state index contributed by atoms with van der Waals surface area (Å²) in [6.07, 6.45) is 5.42. The first-order valence-corrected chi connectivity index (χ1v) is 5.70. The van der Waals surface area contributed by atoms with Gasteiger partial charge < -0.3 is 9.67 Å². The third-order valence-corrected chi connectivity index (χ3v) is 2.78. The Hall–Kier alpha value is -1.31. The van der Waals surface area contributed by atoms with E-state index in [9.17, 15) is 4.79 Å². The highest BCUT2D eigenvalue weighted by Gasteiger charge is 2.12. The smallest absolute Gasteiger partial charge is 0.352 e. The second kappa shape index (κ2) is 4.28. The maximum atomic E-state index is 11.0. The van der Waals surface area contributed by atoms with Crippen LogP contribution in [0.25, 0.3) is 0 Å². The summed E-state index contributed by atoms with van der Waals surface area (Å²) in [5, 5.41) is 13.1. The van der Waals surface area contributed by atoms with Crippen LogP contribution in [0.5, 0.6) is 0 Å². The first kappa shape index (κ1) is 11.2. The summed E-state index contributed by atoms with van der Waals surface area (Å²) < 4.78 is 4.32. The van der Waals surface area contributed by atoms with E-state index in [1.165, 1.54) is 0 Å². The van der Waals surface area contributed by atoms with E-state index in [1.54, 1.807) is 21.5 Å². The molecule has 84 valence electrons. The Morgan fingerprint density at radius 1 is 1.56 bits per heavy atom. The lowest BCUT2D eigenvalue weighted by molar-refractivity contribution is 0.0685. The second-order valence-corrected chi connectivity index (χ2v) is 4.74. The first-order chi connectivity index (χ1) is 7.56. The Labute approximate surface area is 106 Å². The van der Waals surface area contributed by atoms with Gasteiger partial charge in [0.1, 0.15) is 5.69 Å². The Morgan fingerprint density at radius 3 is 2.88 bits per heavy atom. The average molecular weight is 331 g/mol. The van der Waals surface area contributed by atoms with Crippen LogP contribution in [0.15, 0.2) is 24.7 Å².